The molecule has 0 aliphatic carbocycles. The van der Waals surface area contributed by atoms with Crippen LogP contribution in [0, 0.1) is 0 Å². The summed E-state index contributed by atoms with van der Waals surface area (Å²) in [7, 11) is 0. The first-order chi connectivity index (χ1) is 9.04. The highest BCUT2D eigenvalue weighted by Gasteiger charge is 2.29. The Labute approximate surface area is 109 Å². The van der Waals surface area contributed by atoms with Crippen molar-refractivity contribution >= 4 is 29.5 Å². The second kappa shape index (κ2) is 4.89. The van der Waals surface area contributed by atoms with E-state index in [1.165, 1.54) is 31.2 Å². The van der Waals surface area contributed by atoms with Crippen molar-refractivity contribution in [1.82, 2.24) is 0 Å². The minimum Gasteiger partial charge on any atom is -0.424 e. The highest BCUT2D eigenvalue weighted by Crippen LogP contribution is 2.34. The van der Waals surface area contributed by atoms with Crippen LogP contribution in [0.15, 0.2) is 36.9 Å². The predicted octanol–water partition coefficient (Wildman–Crippen LogP) is 1.68. The summed E-state index contributed by atoms with van der Waals surface area (Å²) >= 11 is 0. The van der Waals surface area contributed by atoms with Gasteiger partial charge in [0.1, 0.15) is 0 Å². The van der Waals surface area contributed by atoms with Crippen LogP contribution in [0.4, 0.5) is 5.69 Å². The average molecular weight is 257 g/mol. The fraction of sp³-hybridized carbons (Fsp3) is 0.0714. The molecule has 0 spiro atoms. The lowest BCUT2D eigenvalue weighted by molar-refractivity contribution is -0.132. The number of ether oxygens (including phenoxy) is 1. The van der Waals surface area contributed by atoms with Gasteiger partial charge in [-0.1, -0.05) is 24.8 Å². The minimum atomic E-state index is -0.539. The molecule has 1 aliphatic heterocycles. The predicted molar refractivity (Wildman–Crippen MR) is 69.5 cm³/mol. The average Bonchev–Trinajstić information content (AvgIpc) is 2.69. The second-order valence-electron chi connectivity index (χ2n) is 3.84. The van der Waals surface area contributed by atoms with Crippen molar-refractivity contribution in [2.75, 3.05) is 4.90 Å². The van der Waals surface area contributed by atoms with Gasteiger partial charge in [0.05, 0.1) is 5.69 Å². The van der Waals surface area contributed by atoms with E-state index in [-0.39, 0.29) is 11.4 Å². The molecule has 19 heavy (non-hydrogen) atoms. The largest absolute Gasteiger partial charge is 0.424 e. The number of hydrogen-bond donors (Lipinski definition) is 0. The molecule has 96 valence electrons. The van der Waals surface area contributed by atoms with Crippen LogP contribution in [-0.2, 0) is 14.4 Å². The fourth-order valence-electron chi connectivity index (χ4n) is 1.77. The summed E-state index contributed by atoms with van der Waals surface area (Å²) in [6.07, 6.45) is 3.82. The van der Waals surface area contributed by atoms with Crippen molar-refractivity contribution in [3.05, 3.63) is 42.5 Å². The summed E-state index contributed by atoms with van der Waals surface area (Å²) in [6, 6.07) is 4.86. The molecule has 1 heterocycles. The highest BCUT2D eigenvalue weighted by atomic mass is 16.5. The lowest BCUT2D eigenvalue weighted by Crippen LogP contribution is -2.30. The van der Waals surface area contributed by atoms with Gasteiger partial charge in [-0.3, -0.25) is 14.4 Å². The summed E-state index contributed by atoms with van der Waals surface area (Å²) in [6.45, 7) is 4.85. The van der Waals surface area contributed by atoms with E-state index in [9.17, 15) is 14.4 Å². The van der Waals surface area contributed by atoms with E-state index in [1.807, 2.05) is 0 Å². The maximum Gasteiger partial charge on any atom is 0.308 e. The van der Waals surface area contributed by atoms with Crippen molar-refractivity contribution in [3.63, 3.8) is 0 Å². The van der Waals surface area contributed by atoms with E-state index in [0.717, 1.165) is 4.90 Å². The molecule has 0 aromatic heterocycles. The molecule has 1 aromatic carbocycles. The Morgan fingerprint density at radius 1 is 1.26 bits per heavy atom. The molecule has 0 saturated heterocycles. The third-order valence-electron chi connectivity index (χ3n) is 2.54. The van der Waals surface area contributed by atoms with Gasteiger partial charge < -0.3 is 4.74 Å². The first-order valence-corrected chi connectivity index (χ1v) is 5.54. The standard InChI is InChI=1S/C14H11NO4/c1-3-10-5-4-6-11(14(10)19-9(2)16)15-12(17)7-8-13(15)18/h3-8H,1H2,2H3. The number of rotatable bonds is 3. The number of benzene rings is 1. The zero-order valence-electron chi connectivity index (χ0n) is 10.3. The lowest BCUT2D eigenvalue weighted by Gasteiger charge is -2.18. The van der Waals surface area contributed by atoms with Gasteiger partial charge in [0, 0.05) is 24.6 Å². The van der Waals surface area contributed by atoms with E-state index >= 15 is 0 Å². The van der Waals surface area contributed by atoms with E-state index in [4.69, 9.17) is 4.74 Å². The van der Waals surface area contributed by atoms with Crippen molar-refractivity contribution in [3.8, 4) is 5.75 Å². The number of amides is 2. The Kier molecular flexibility index (Phi) is 3.29. The third-order valence-corrected chi connectivity index (χ3v) is 2.54. The maximum atomic E-state index is 11.7. The quantitative estimate of drug-likeness (QED) is 0.469. The van der Waals surface area contributed by atoms with Gasteiger partial charge in [0.2, 0.25) is 0 Å². The molecular weight excluding hydrogens is 246 g/mol. The van der Waals surface area contributed by atoms with E-state index in [0.29, 0.717) is 5.56 Å². The molecule has 5 nitrogen and oxygen atoms in total. The number of para-hydroxylation sites is 1. The van der Waals surface area contributed by atoms with Gasteiger partial charge in [-0.25, -0.2) is 4.90 Å². The lowest BCUT2D eigenvalue weighted by atomic mass is 10.1. The third kappa shape index (κ3) is 2.30. The zero-order valence-corrected chi connectivity index (χ0v) is 10.3. The molecule has 2 rings (SSSR count). The molecular formula is C14H11NO4. The molecule has 2 amide bonds. The SMILES string of the molecule is C=Cc1cccc(N2C(=O)C=CC2=O)c1OC(C)=O. The van der Waals surface area contributed by atoms with Gasteiger partial charge in [-0.2, -0.15) is 0 Å². The van der Waals surface area contributed by atoms with Crippen LogP contribution < -0.4 is 9.64 Å². The van der Waals surface area contributed by atoms with Crippen LogP contribution in [0.5, 0.6) is 5.75 Å². The summed E-state index contributed by atoms with van der Waals surface area (Å²) in [5.74, 6) is -1.34. The molecule has 0 unspecified atom stereocenters. The molecule has 1 aromatic rings. The van der Waals surface area contributed by atoms with Gasteiger partial charge in [-0.05, 0) is 6.07 Å². The second-order valence-corrected chi connectivity index (χ2v) is 3.84. The molecule has 1 aliphatic rings. The first kappa shape index (κ1) is 12.8. The number of carbonyl (C=O) groups excluding carboxylic acids is 3. The molecule has 5 heteroatoms. The van der Waals surface area contributed by atoms with Gasteiger partial charge in [0.15, 0.2) is 5.75 Å². The van der Waals surface area contributed by atoms with Crippen molar-refractivity contribution in [2.24, 2.45) is 0 Å². The minimum absolute atomic E-state index is 0.149. The number of anilines is 1. The van der Waals surface area contributed by atoms with Crippen LogP contribution in [0.2, 0.25) is 0 Å². The molecule has 0 fully saturated rings. The normalized spacial score (nSPS) is 13.8. The van der Waals surface area contributed by atoms with E-state index in [2.05, 4.69) is 6.58 Å². The van der Waals surface area contributed by atoms with Gasteiger partial charge >= 0.3 is 5.97 Å². The van der Waals surface area contributed by atoms with Crippen molar-refractivity contribution in [2.45, 2.75) is 6.92 Å². The Hall–Kier alpha value is -2.69. The smallest absolute Gasteiger partial charge is 0.308 e. The molecule has 0 saturated carbocycles. The van der Waals surface area contributed by atoms with Crippen molar-refractivity contribution in [1.29, 1.82) is 0 Å². The number of carbonyl (C=O) groups is 3. The van der Waals surface area contributed by atoms with E-state index in [1.54, 1.807) is 12.1 Å². The Bertz CT molecular complexity index is 598. The van der Waals surface area contributed by atoms with Crippen LogP contribution >= 0.6 is 0 Å². The molecule has 0 N–H and O–H groups in total. The Morgan fingerprint density at radius 3 is 2.42 bits per heavy atom. The van der Waals surface area contributed by atoms with Gasteiger partial charge in [-0.15, -0.1) is 0 Å². The van der Waals surface area contributed by atoms with Crippen LogP contribution in [-0.4, -0.2) is 17.8 Å². The van der Waals surface area contributed by atoms with Crippen molar-refractivity contribution < 1.29 is 19.1 Å². The Balaban J connectivity index is 2.56. The summed E-state index contributed by atoms with van der Waals surface area (Å²) in [5.41, 5.74) is 0.757. The number of nitrogens with zero attached hydrogens (tertiary/aromatic N) is 1. The number of hydrogen-bond acceptors (Lipinski definition) is 4. The summed E-state index contributed by atoms with van der Waals surface area (Å²) in [4.78, 5) is 35.5. The Morgan fingerprint density at radius 2 is 1.89 bits per heavy atom. The highest BCUT2D eigenvalue weighted by molar-refractivity contribution is 6.28. The molecule has 0 atom stereocenters. The topological polar surface area (TPSA) is 63.7 Å². The summed E-state index contributed by atoms with van der Waals surface area (Å²) in [5, 5.41) is 0. The number of esters is 1. The first-order valence-electron chi connectivity index (χ1n) is 5.54. The van der Waals surface area contributed by atoms with Crippen LogP contribution in [0.3, 0.4) is 0 Å². The van der Waals surface area contributed by atoms with Crippen LogP contribution in [0.1, 0.15) is 12.5 Å². The maximum absolute atomic E-state index is 11.7. The fourth-order valence-corrected chi connectivity index (χ4v) is 1.77. The van der Waals surface area contributed by atoms with E-state index < -0.39 is 17.8 Å². The number of imide groups is 1. The zero-order chi connectivity index (χ0) is 14.0. The summed E-state index contributed by atoms with van der Waals surface area (Å²) < 4.78 is 5.09. The molecule has 0 radical (unpaired) electrons. The monoisotopic (exact) mass is 257 g/mol. The van der Waals surface area contributed by atoms with Crippen LogP contribution in [0.25, 0.3) is 6.08 Å². The van der Waals surface area contributed by atoms with Gasteiger partial charge in [0.25, 0.3) is 11.8 Å². The molecule has 0 bridgehead atoms.